The van der Waals surface area contributed by atoms with Crippen LogP contribution in [0.15, 0.2) is 91.0 Å². The van der Waals surface area contributed by atoms with Crippen molar-refractivity contribution in [2.75, 3.05) is 29.3 Å². The van der Waals surface area contributed by atoms with Crippen LogP contribution in [0.3, 0.4) is 0 Å². The van der Waals surface area contributed by atoms with Gasteiger partial charge in [-0.2, -0.15) is 0 Å². The summed E-state index contributed by atoms with van der Waals surface area (Å²) in [6, 6.07) is 25.1. The van der Waals surface area contributed by atoms with E-state index in [4.69, 9.17) is 36.5 Å². The van der Waals surface area contributed by atoms with E-state index in [9.17, 15) is 14.4 Å². The molecule has 11 heteroatoms. The number of amides is 1. The first-order valence-electron chi connectivity index (χ1n) is 11.8. The van der Waals surface area contributed by atoms with Crippen LogP contribution >= 0.6 is 0 Å². The Kier molecular flexibility index (Phi) is 9.90. The lowest BCUT2D eigenvalue weighted by Gasteiger charge is -2.07. The van der Waals surface area contributed by atoms with Crippen molar-refractivity contribution in [3.63, 3.8) is 0 Å². The van der Waals surface area contributed by atoms with Gasteiger partial charge in [0.25, 0.3) is 5.91 Å². The molecule has 40 heavy (non-hydrogen) atoms. The van der Waals surface area contributed by atoms with Gasteiger partial charge in [0.1, 0.15) is 11.3 Å². The van der Waals surface area contributed by atoms with Crippen LogP contribution < -0.4 is 36.7 Å². The number of rotatable bonds is 4. The Morgan fingerprint density at radius 1 is 0.800 bits per heavy atom. The average Bonchev–Trinajstić information content (AvgIpc) is 3.41. The molecule has 0 aromatic heterocycles. The largest absolute Gasteiger partial charge is 0.478 e. The van der Waals surface area contributed by atoms with Crippen LogP contribution in [0.25, 0.3) is 0 Å². The van der Waals surface area contributed by atoms with Crippen LogP contribution in [-0.2, 0) is 4.79 Å². The summed E-state index contributed by atoms with van der Waals surface area (Å²) < 4.78 is 14.9. The number of hydrogen-bond donors (Lipinski definition) is 5. The first kappa shape index (κ1) is 28.9. The van der Waals surface area contributed by atoms with Gasteiger partial charge in [0.05, 0.1) is 0 Å². The number of carboxylic acids is 1. The lowest BCUT2D eigenvalue weighted by molar-refractivity contribution is -0.131. The van der Waals surface area contributed by atoms with E-state index in [0.717, 1.165) is 11.4 Å². The van der Waals surface area contributed by atoms with Crippen molar-refractivity contribution in [3.05, 3.63) is 102 Å². The van der Waals surface area contributed by atoms with E-state index in [-0.39, 0.29) is 18.3 Å². The molecule has 0 aliphatic carbocycles. The molecule has 0 bridgehead atoms. The maximum Gasteiger partial charge on any atom is 0.339 e. The van der Waals surface area contributed by atoms with Gasteiger partial charge in [-0.25, -0.2) is 4.79 Å². The number of benzene rings is 4. The van der Waals surface area contributed by atoms with Crippen molar-refractivity contribution in [1.82, 2.24) is 0 Å². The summed E-state index contributed by atoms with van der Waals surface area (Å²) >= 11 is 0. The van der Waals surface area contributed by atoms with Crippen molar-refractivity contribution in [1.29, 1.82) is 0 Å². The van der Waals surface area contributed by atoms with Gasteiger partial charge in [0.2, 0.25) is 6.79 Å². The first-order valence-corrected chi connectivity index (χ1v) is 11.8. The fraction of sp³-hybridized carbons (Fsp3) is 0.0690. The highest BCUT2D eigenvalue weighted by Crippen LogP contribution is 2.35. The zero-order chi connectivity index (χ0) is 29.1. The highest BCUT2D eigenvalue weighted by Gasteiger charge is 2.20. The lowest BCUT2D eigenvalue weighted by atomic mass is 10.2. The second kappa shape index (κ2) is 13.7. The van der Waals surface area contributed by atoms with Gasteiger partial charge in [-0.1, -0.05) is 12.1 Å². The summed E-state index contributed by atoms with van der Waals surface area (Å²) in [6.07, 6.45) is 0. The molecule has 4 aromatic rings. The highest BCUT2D eigenvalue weighted by molar-refractivity contribution is 6.04. The monoisotopic (exact) mass is 544 g/mol. The summed E-state index contributed by atoms with van der Waals surface area (Å²) in [5, 5.41) is 11.4. The molecule has 0 fully saturated rings. The van der Waals surface area contributed by atoms with E-state index < -0.39 is 11.9 Å². The Morgan fingerprint density at radius 3 is 1.95 bits per heavy atom. The Hall–Kier alpha value is -5.71. The number of carboxylic acid groups (broad SMARTS) is 1. The molecule has 0 radical (unpaired) electrons. The predicted octanol–water partition coefficient (Wildman–Crippen LogP) is 4.41. The zero-order valence-corrected chi connectivity index (χ0v) is 21.5. The third-order valence-electron chi connectivity index (χ3n) is 5.09. The highest BCUT2D eigenvalue weighted by atomic mass is 16.7. The molecule has 0 saturated heterocycles. The van der Waals surface area contributed by atoms with Crippen molar-refractivity contribution in [2.45, 2.75) is 6.92 Å². The molecule has 8 N–H and O–H groups in total. The first-order chi connectivity index (χ1) is 19.1. The van der Waals surface area contributed by atoms with Gasteiger partial charge in [0.15, 0.2) is 11.5 Å². The number of carbonyl (C=O) groups is 3. The summed E-state index contributed by atoms with van der Waals surface area (Å²) in [5.74, 6) is -0.565. The van der Waals surface area contributed by atoms with Crippen molar-refractivity contribution in [2.24, 2.45) is 0 Å². The smallest absolute Gasteiger partial charge is 0.339 e. The molecule has 206 valence electrons. The van der Waals surface area contributed by atoms with E-state index >= 15 is 0 Å². The summed E-state index contributed by atoms with van der Waals surface area (Å²) in [5.41, 5.74) is 19.6. The molecule has 4 aromatic carbocycles. The molecular formula is C29H28N4O7. The number of nitrogen functional groups attached to an aromatic ring is 3. The van der Waals surface area contributed by atoms with Crippen LogP contribution in [0.2, 0.25) is 0 Å². The van der Waals surface area contributed by atoms with Gasteiger partial charge in [-0.05, 0) is 78.9 Å². The van der Waals surface area contributed by atoms with Crippen molar-refractivity contribution in [3.8, 4) is 17.2 Å². The number of ether oxygens (including phenoxy) is 3. The van der Waals surface area contributed by atoms with Crippen LogP contribution in [-0.4, -0.2) is 29.7 Å². The van der Waals surface area contributed by atoms with E-state index in [1.54, 1.807) is 78.9 Å². The number of fused-ring (bicyclic) bond motifs is 1. The molecule has 0 spiro atoms. The standard InChI is InChI=1S/C15H14N2O3.C8H6O4.C6H8N2/c1-10(18)20-14-4-2-3-11(9-14)15(19)17-13-7-5-12(16)6-8-13;9-8(10)5-2-1-3-6-7(5)12-4-11-6;7-5-1-2-6(8)4-3-5/h2-9H,16H2,1H3,(H,17,19);1-3H,4H2,(H,9,10);1-4H,7-8H2. The Bertz CT molecular complexity index is 1450. The fourth-order valence-electron chi connectivity index (χ4n) is 3.23. The number of esters is 1. The number of nitrogens with one attached hydrogen (secondary N) is 1. The number of hydrogen-bond acceptors (Lipinski definition) is 9. The minimum absolute atomic E-state index is 0.0969. The summed E-state index contributed by atoms with van der Waals surface area (Å²) in [7, 11) is 0. The second-order valence-electron chi connectivity index (χ2n) is 8.21. The van der Waals surface area contributed by atoms with Crippen LogP contribution in [0.1, 0.15) is 27.6 Å². The van der Waals surface area contributed by atoms with E-state index in [1.807, 2.05) is 0 Å². The van der Waals surface area contributed by atoms with Crippen LogP contribution in [0, 0.1) is 0 Å². The summed E-state index contributed by atoms with van der Waals surface area (Å²) in [4.78, 5) is 33.6. The minimum atomic E-state index is -1.00. The number of para-hydroxylation sites is 1. The maximum absolute atomic E-state index is 12.1. The molecule has 0 saturated carbocycles. The Morgan fingerprint density at radius 2 is 1.38 bits per heavy atom. The van der Waals surface area contributed by atoms with Gasteiger partial charge in [0, 0.05) is 35.2 Å². The second-order valence-corrected chi connectivity index (χ2v) is 8.21. The number of aromatic carboxylic acids is 1. The Balaban J connectivity index is 0.000000185. The molecule has 11 nitrogen and oxygen atoms in total. The molecule has 0 atom stereocenters. The number of nitrogens with two attached hydrogens (primary N) is 3. The van der Waals surface area contributed by atoms with Crippen molar-refractivity contribution < 1.29 is 33.7 Å². The maximum atomic E-state index is 12.1. The van der Waals surface area contributed by atoms with E-state index in [2.05, 4.69) is 5.32 Å². The van der Waals surface area contributed by atoms with E-state index in [1.165, 1.54) is 19.1 Å². The quantitative estimate of drug-likeness (QED) is 0.140. The van der Waals surface area contributed by atoms with Crippen LogP contribution in [0.5, 0.6) is 17.2 Å². The zero-order valence-electron chi connectivity index (χ0n) is 21.5. The predicted molar refractivity (Wildman–Crippen MR) is 151 cm³/mol. The summed E-state index contributed by atoms with van der Waals surface area (Å²) in [6.45, 7) is 1.40. The van der Waals surface area contributed by atoms with Gasteiger partial charge in [-0.3, -0.25) is 9.59 Å². The molecule has 1 amide bonds. The van der Waals surface area contributed by atoms with Crippen molar-refractivity contribution >= 4 is 40.6 Å². The third kappa shape index (κ3) is 8.70. The number of anilines is 4. The van der Waals surface area contributed by atoms with Gasteiger partial charge >= 0.3 is 11.9 Å². The normalized spacial score (nSPS) is 10.6. The molecule has 0 unspecified atom stereocenters. The molecule has 1 aliphatic rings. The lowest BCUT2D eigenvalue weighted by Crippen LogP contribution is -2.12. The SMILES string of the molecule is CC(=O)Oc1cccc(C(=O)Nc2ccc(N)cc2)c1.Nc1ccc(N)cc1.O=C(O)c1cccc2c1OCO2. The average molecular weight is 545 g/mol. The van der Waals surface area contributed by atoms with E-state index in [0.29, 0.717) is 34.2 Å². The molecule has 1 aliphatic heterocycles. The molecule has 1 heterocycles. The van der Waals surface area contributed by atoms with Gasteiger partial charge < -0.3 is 41.8 Å². The van der Waals surface area contributed by atoms with Gasteiger partial charge in [-0.15, -0.1) is 0 Å². The fourth-order valence-corrected chi connectivity index (χ4v) is 3.23. The molecule has 5 rings (SSSR count). The molecular weight excluding hydrogens is 516 g/mol. The minimum Gasteiger partial charge on any atom is -0.478 e. The third-order valence-corrected chi connectivity index (χ3v) is 5.09. The topological polar surface area (TPSA) is 189 Å². The van der Waals surface area contributed by atoms with Crippen LogP contribution in [0.4, 0.5) is 22.7 Å². The number of carbonyl (C=O) groups excluding carboxylic acids is 2. The Labute approximate surface area is 230 Å².